The van der Waals surface area contributed by atoms with E-state index in [0.29, 0.717) is 22.3 Å². The number of furan rings is 1. The first-order valence-corrected chi connectivity index (χ1v) is 11.1. The third kappa shape index (κ3) is 3.79. The number of rotatable bonds is 4. The third-order valence-electron chi connectivity index (χ3n) is 6.21. The lowest BCUT2D eigenvalue weighted by molar-refractivity contribution is 0.0702. The van der Waals surface area contributed by atoms with E-state index in [2.05, 4.69) is 6.92 Å². The van der Waals surface area contributed by atoms with Crippen LogP contribution in [0, 0.1) is 24.1 Å². The highest BCUT2D eigenvalue weighted by Gasteiger charge is 2.33. The summed E-state index contributed by atoms with van der Waals surface area (Å²) < 4.78 is 31.6. The van der Waals surface area contributed by atoms with Gasteiger partial charge in [-0.15, -0.1) is 0 Å². The van der Waals surface area contributed by atoms with Gasteiger partial charge in [-0.3, -0.25) is 0 Å². The molecule has 174 valence electrons. The fourth-order valence-corrected chi connectivity index (χ4v) is 4.36. The SMILES string of the molecule is CCc1ccc2oc(C(=O)Oc3ccc4c(c3)OC(N)=C(C#N)C4c3ccccc3F)c(C)c2c1. The number of nitriles is 1. The number of hydrogen-bond donors (Lipinski definition) is 1. The Morgan fingerprint density at radius 2 is 1.94 bits per heavy atom. The molecule has 6 nitrogen and oxygen atoms in total. The number of allylic oxidation sites excluding steroid dienone is 1. The molecule has 0 spiro atoms. The Hall–Kier alpha value is -4.57. The molecule has 7 heteroatoms. The maximum absolute atomic E-state index is 14.6. The number of hydrogen-bond acceptors (Lipinski definition) is 6. The van der Waals surface area contributed by atoms with E-state index in [-0.39, 0.29) is 28.7 Å². The highest BCUT2D eigenvalue weighted by Crippen LogP contribution is 2.44. The Labute approximate surface area is 201 Å². The summed E-state index contributed by atoms with van der Waals surface area (Å²) in [4.78, 5) is 12.9. The smallest absolute Gasteiger partial charge is 0.379 e. The Morgan fingerprint density at radius 3 is 2.69 bits per heavy atom. The quantitative estimate of drug-likeness (QED) is 0.297. The van der Waals surface area contributed by atoms with Crippen molar-refractivity contribution in [3.8, 4) is 17.6 Å². The largest absolute Gasteiger partial charge is 0.449 e. The summed E-state index contributed by atoms with van der Waals surface area (Å²) in [5.74, 6) is -1.41. The third-order valence-corrected chi connectivity index (χ3v) is 6.21. The molecule has 5 rings (SSSR count). The van der Waals surface area contributed by atoms with Gasteiger partial charge in [0.05, 0.1) is 5.92 Å². The van der Waals surface area contributed by atoms with Gasteiger partial charge in [0.25, 0.3) is 0 Å². The van der Waals surface area contributed by atoms with Crippen LogP contribution in [0.3, 0.4) is 0 Å². The van der Waals surface area contributed by atoms with Crippen molar-refractivity contribution in [1.82, 2.24) is 0 Å². The number of nitrogens with two attached hydrogens (primary N) is 1. The highest BCUT2D eigenvalue weighted by atomic mass is 19.1. The molecule has 0 bridgehead atoms. The summed E-state index contributed by atoms with van der Waals surface area (Å²) >= 11 is 0. The number of fused-ring (bicyclic) bond motifs is 2. The monoisotopic (exact) mass is 468 g/mol. The minimum atomic E-state index is -0.750. The van der Waals surface area contributed by atoms with Crippen LogP contribution in [0.5, 0.6) is 11.5 Å². The lowest BCUT2D eigenvalue weighted by Crippen LogP contribution is -2.21. The van der Waals surface area contributed by atoms with Gasteiger partial charge in [-0.2, -0.15) is 5.26 Å². The molecule has 2 heterocycles. The first kappa shape index (κ1) is 22.2. The Bertz CT molecular complexity index is 1560. The Kier molecular flexibility index (Phi) is 5.50. The van der Waals surface area contributed by atoms with E-state index in [1.165, 1.54) is 12.1 Å². The second-order valence-electron chi connectivity index (χ2n) is 8.28. The molecule has 2 N–H and O–H groups in total. The molecule has 1 aromatic heterocycles. The summed E-state index contributed by atoms with van der Waals surface area (Å²) in [6.45, 7) is 3.87. The zero-order valence-electron chi connectivity index (χ0n) is 19.1. The van der Waals surface area contributed by atoms with Gasteiger partial charge in [-0.1, -0.05) is 37.3 Å². The number of carbonyl (C=O) groups is 1. The van der Waals surface area contributed by atoms with Gasteiger partial charge in [0.2, 0.25) is 11.6 Å². The number of ether oxygens (including phenoxy) is 2. The lowest BCUT2D eigenvalue weighted by atomic mass is 9.83. The fraction of sp³-hybridized carbons (Fsp3) is 0.143. The van der Waals surface area contributed by atoms with E-state index in [4.69, 9.17) is 19.6 Å². The van der Waals surface area contributed by atoms with Crippen LogP contribution in [-0.2, 0) is 6.42 Å². The molecule has 0 amide bonds. The van der Waals surface area contributed by atoms with Crippen molar-refractivity contribution in [2.24, 2.45) is 5.73 Å². The van der Waals surface area contributed by atoms with Crippen molar-refractivity contribution in [2.45, 2.75) is 26.2 Å². The standard InChI is InChI=1S/C28H21FN2O4/c1-3-16-8-11-23-20(12-16)15(2)26(34-23)28(32)33-17-9-10-19-24(13-17)35-27(31)21(14-30)25(19)18-6-4-5-7-22(18)29/h4-13,25H,3,31H2,1-2H3. The molecule has 3 aromatic carbocycles. The Balaban J connectivity index is 1.49. The molecule has 1 aliphatic rings. The van der Waals surface area contributed by atoms with E-state index in [0.717, 1.165) is 17.4 Å². The van der Waals surface area contributed by atoms with Crippen LogP contribution in [0.2, 0.25) is 0 Å². The minimum absolute atomic E-state index is 0.108. The number of esters is 1. The predicted molar refractivity (Wildman–Crippen MR) is 127 cm³/mol. The van der Waals surface area contributed by atoms with E-state index >= 15 is 0 Å². The molecule has 1 unspecified atom stereocenters. The van der Waals surface area contributed by atoms with Crippen LogP contribution in [0.15, 0.2) is 76.5 Å². The number of aryl methyl sites for hydroxylation is 2. The molecule has 1 aliphatic heterocycles. The summed E-state index contributed by atoms with van der Waals surface area (Å²) in [6, 6.07) is 18.7. The van der Waals surface area contributed by atoms with E-state index < -0.39 is 17.7 Å². The van der Waals surface area contributed by atoms with Crippen molar-refractivity contribution in [2.75, 3.05) is 0 Å². The topological polar surface area (TPSA) is 98.5 Å². The molecule has 0 aliphatic carbocycles. The van der Waals surface area contributed by atoms with Gasteiger partial charge >= 0.3 is 5.97 Å². The van der Waals surface area contributed by atoms with Crippen LogP contribution in [0.4, 0.5) is 4.39 Å². The average molecular weight is 468 g/mol. The Morgan fingerprint density at radius 1 is 1.14 bits per heavy atom. The van der Waals surface area contributed by atoms with E-state index in [1.54, 1.807) is 30.3 Å². The van der Waals surface area contributed by atoms with Crippen molar-refractivity contribution in [1.29, 1.82) is 5.26 Å². The summed E-state index contributed by atoms with van der Waals surface area (Å²) in [5.41, 5.74) is 9.38. The molecule has 0 radical (unpaired) electrons. The zero-order chi connectivity index (χ0) is 24.7. The predicted octanol–water partition coefficient (Wildman–Crippen LogP) is 5.88. The lowest BCUT2D eigenvalue weighted by Gasteiger charge is -2.26. The fourth-order valence-electron chi connectivity index (χ4n) is 4.36. The number of carbonyl (C=O) groups excluding carboxylic acids is 1. The summed E-state index contributed by atoms with van der Waals surface area (Å²) in [7, 11) is 0. The molecule has 35 heavy (non-hydrogen) atoms. The van der Waals surface area contributed by atoms with Crippen LogP contribution in [0.25, 0.3) is 11.0 Å². The van der Waals surface area contributed by atoms with Gasteiger partial charge in [-0.05, 0) is 43.2 Å². The van der Waals surface area contributed by atoms with Gasteiger partial charge in [0, 0.05) is 28.1 Å². The maximum atomic E-state index is 14.6. The van der Waals surface area contributed by atoms with Crippen LogP contribution < -0.4 is 15.2 Å². The minimum Gasteiger partial charge on any atom is -0.449 e. The highest BCUT2D eigenvalue weighted by molar-refractivity contribution is 5.97. The first-order chi connectivity index (χ1) is 16.9. The normalized spacial score (nSPS) is 14.9. The molecule has 0 saturated carbocycles. The molecule has 0 saturated heterocycles. The molecule has 0 fully saturated rings. The van der Waals surface area contributed by atoms with Gasteiger partial charge in [0.1, 0.15) is 34.5 Å². The van der Waals surface area contributed by atoms with Crippen molar-refractivity contribution < 1.29 is 23.1 Å². The molecule has 1 atom stereocenters. The summed E-state index contributed by atoms with van der Waals surface area (Å²) in [5, 5.41) is 10.5. The number of nitrogens with zero attached hydrogens (tertiary/aromatic N) is 1. The second kappa shape index (κ2) is 8.65. The second-order valence-corrected chi connectivity index (χ2v) is 8.28. The summed E-state index contributed by atoms with van der Waals surface area (Å²) in [6.07, 6.45) is 0.869. The number of halogens is 1. The maximum Gasteiger partial charge on any atom is 0.379 e. The molecule has 4 aromatic rings. The van der Waals surface area contributed by atoms with Crippen molar-refractivity contribution in [3.63, 3.8) is 0 Å². The molecular formula is C28H21FN2O4. The molecular weight excluding hydrogens is 447 g/mol. The van der Waals surface area contributed by atoms with Gasteiger partial charge in [-0.25, -0.2) is 9.18 Å². The van der Waals surface area contributed by atoms with E-state index in [9.17, 15) is 14.4 Å². The van der Waals surface area contributed by atoms with Crippen LogP contribution in [0.1, 0.15) is 45.7 Å². The average Bonchev–Trinajstić information content (AvgIpc) is 3.19. The van der Waals surface area contributed by atoms with Crippen LogP contribution >= 0.6 is 0 Å². The zero-order valence-corrected chi connectivity index (χ0v) is 19.1. The number of benzene rings is 3. The van der Waals surface area contributed by atoms with Crippen molar-refractivity contribution in [3.05, 3.63) is 106 Å². The van der Waals surface area contributed by atoms with E-state index in [1.807, 2.05) is 31.2 Å². The van der Waals surface area contributed by atoms with Gasteiger partial charge in [0.15, 0.2) is 0 Å². The van der Waals surface area contributed by atoms with Crippen LogP contribution in [-0.4, -0.2) is 5.97 Å². The first-order valence-electron chi connectivity index (χ1n) is 11.1. The van der Waals surface area contributed by atoms with Crippen molar-refractivity contribution >= 4 is 16.9 Å². The van der Waals surface area contributed by atoms with Gasteiger partial charge < -0.3 is 19.6 Å².